The zero-order chi connectivity index (χ0) is 15.4. The summed E-state index contributed by atoms with van der Waals surface area (Å²) in [5.74, 6) is -0.0815. The molecule has 1 amide bonds. The van der Waals surface area contributed by atoms with Crippen molar-refractivity contribution in [2.45, 2.75) is 20.4 Å². The Labute approximate surface area is 137 Å². The van der Waals surface area contributed by atoms with Crippen molar-refractivity contribution in [2.24, 2.45) is 0 Å². The number of benzene rings is 2. The van der Waals surface area contributed by atoms with Gasteiger partial charge in [0.15, 0.2) is 0 Å². The van der Waals surface area contributed by atoms with Crippen LogP contribution in [0.4, 0.5) is 11.4 Å². The summed E-state index contributed by atoms with van der Waals surface area (Å²) in [6.07, 6.45) is 0. The third kappa shape index (κ3) is 4.22. The fourth-order valence-corrected chi connectivity index (χ4v) is 2.72. The first kappa shape index (κ1) is 15.9. The molecule has 0 fully saturated rings. The highest BCUT2D eigenvalue weighted by atomic mass is 79.9. The number of anilines is 2. The quantitative estimate of drug-likeness (QED) is 0.800. The monoisotopic (exact) mass is 366 g/mol. The summed E-state index contributed by atoms with van der Waals surface area (Å²) < 4.78 is 0.960. The number of carbonyl (C=O) groups excluding carboxylic acids is 1. The summed E-state index contributed by atoms with van der Waals surface area (Å²) in [5, 5.41) is 6.87. The van der Waals surface area contributed by atoms with E-state index in [0.717, 1.165) is 32.0 Å². The predicted molar refractivity (Wildman–Crippen MR) is 92.0 cm³/mol. The van der Waals surface area contributed by atoms with E-state index in [1.165, 1.54) is 6.92 Å². The first-order valence-corrected chi connectivity index (χ1v) is 7.69. The minimum absolute atomic E-state index is 0.0815. The Morgan fingerprint density at radius 3 is 2.67 bits per heavy atom. The average Bonchev–Trinajstić information content (AvgIpc) is 2.42. The van der Waals surface area contributed by atoms with Crippen LogP contribution in [-0.2, 0) is 11.3 Å². The van der Waals surface area contributed by atoms with Crippen molar-refractivity contribution in [3.05, 3.63) is 57.0 Å². The number of amides is 1. The van der Waals surface area contributed by atoms with Gasteiger partial charge in [0.2, 0.25) is 5.91 Å². The molecule has 0 atom stereocenters. The molecule has 2 N–H and O–H groups in total. The number of para-hydroxylation sites is 1. The molecule has 2 rings (SSSR count). The SMILES string of the molecule is CC(=O)Nc1ccccc1CNc1cc(Cl)c(C)cc1Br. The summed E-state index contributed by atoms with van der Waals surface area (Å²) >= 11 is 9.67. The molecule has 0 aromatic heterocycles. The lowest BCUT2D eigenvalue weighted by Gasteiger charge is -2.13. The maximum Gasteiger partial charge on any atom is 0.221 e. The van der Waals surface area contributed by atoms with Crippen LogP contribution in [0.1, 0.15) is 18.1 Å². The number of hydrogen-bond donors (Lipinski definition) is 2. The van der Waals surface area contributed by atoms with Crippen LogP contribution < -0.4 is 10.6 Å². The lowest BCUT2D eigenvalue weighted by molar-refractivity contribution is -0.114. The highest BCUT2D eigenvalue weighted by Gasteiger charge is 2.06. The summed E-state index contributed by atoms with van der Waals surface area (Å²) in [7, 11) is 0. The van der Waals surface area contributed by atoms with Crippen molar-refractivity contribution >= 4 is 44.8 Å². The van der Waals surface area contributed by atoms with Gasteiger partial charge in [0, 0.05) is 28.7 Å². The van der Waals surface area contributed by atoms with Gasteiger partial charge in [-0.2, -0.15) is 0 Å². The normalized spacial score (nSPS) is 10.3. The Morgan fingerprint density at radius 2 is 1.95 bits per heavy atom. The van der Waals surface area contributed by atoms with Gasteiger partial charge in [-0.25, -0.2) is 0 Å². The first-order valence-electron chi connectivity index (χ1n) is 6.52. The second kappa shape index (κ2) is 6.96. The zero-order valence-corrected chi connectivity index (χ0v) is 14.2. The lowest BCUT2D eigenvalue weighted by Crippen LogP contribution is -2.10. The molecule has 21 heavy (non-hydrogen) atoms. The highest BCUT2D eigenvalue weighted by Crippen LogP contribution is 2.30. The van der Waals surface area contributed by atoms with E-state index in [1.807, 2.05) is 43.3 Å². The van der Waals surface area contributed by atoms with E-state index in [-0.39, 0.29) is 5.91 Å². The molecule has 0 heterocycles. The van der Waals surface area contributed by atoms with E-state index in [0.29, 0.717) is 6.54 Å². The molecule has 0 aliphatic rings. The molecule has 0 radical (unpaired) electrons. The van der Waals surface area contributed by atoms with Crippen LogP contribution in [0.15, 0.2) is 40.9 Å². The molecule has 0 bridgehead atoms. The molecule has 0 aliphatic heterocycles. The predicted octanol–water partition coefficient (Wildman–Crippen LogP) is 4.98. The van der Waals surface area contributed by atoms with Crippen molar-refractivity contribution < 1.29 is 4.79 Å². The first-order chi connectivity index (χ1) is 9.97. The Balaban J connectivity index is 2.17. The summed E-state index contributed by atoms with van der Waals surface area (Å²) in [6, 6.07) is 11.6. The van der Waals surface area contributed by atoms with E-state index < -0.39 is 0 Å². The van der Waals surface area contributed by atoms with E-state index in [4.69, 9.17) is 11.6 Å². The molecule has 5 heteroatoms. The number of carbonyl (C=O) groups is 1. The van der Waals surface area contributed by atoms with Crippen LogP contribution in [0.25, 0.3) is 0 Å². The van der Waals surface area contributed by atoms with Crippen molar-refractivity contribution in [3.63, 3.8) is 0 Å². The van der Waals surface area contributed by atoms with E-state index in [1.54, 1.807) is 0 Å². The largest absolute Gasteiger partial charge is 0.380 e. The Morgan fingerprint density at radius 1 is 1.24 bits per heavy atom. The summed E-state index contributed by atoms with van der Waals surface area (Å²) in [4.78, 5) is 11.2. The smallest absolute Gasteiger partial charge is 0.221 e. The van der Waals surface area contributed by atoms with Gasteiger partial charge in [0.05, 0.1) is 5.69 Å². The standard InChI is InChI=1S/C16H16BrClN2O/c1-10-7-13(17)16(8-14(10)18)19-9-12-5-3-4-6-15(12)20-11(2)21/h3-8,19H,9H2,1-2H3,(H,20,21). The molecule has 0 saturated heterocycles. The summed E-state index contributed by atoms with van der Waals surface area (Å²) in [6.45, 7) is 4.05. The second-order valence-corrected chi connectivity index (χ2v) is 6.03. The molecular weight excluding hydrogens is 352 g/mol. The Kier molecular flexibility index (Phi) is 5.26. The highest BCUT2D eigenvalue weighted by molar-refractivity contribution is 9.10. The van der Waals surface area contributed by atoms with E-state index in [9.17, 15) is 4.79 Å². The van der Waals surface area contributed by atoms with Gasteiger partial charge >= 0.3 is 0 Å². The van der Waals surface area contributed by atoms with Crippen LogP contribution in [0.3, 0.4) is 0 Å². The maximum absolute atomic E-state index is 11.2. The van der Waals surface area contributed by atoms with E-state index in [2.05, 4.69) is 26.6 Å². The fourth-order valence-electron chi connectivity index (χ4n) is 1.96. The van der Waals surface area contributed by atoms with Gasteiger partial charge in [0.25, 0.3) is 0 Å². The lowest BCUT2D eigenvalue weighted by atomic mass is 10.1. The second-order valence-electron chi connectivity index (χ2n) is 4.77. The molecule has 3 nitrogen and oxygen atoms in total. The maximum atomic E-state index is 11.2. The third-order valence-electron chi connectivity index (χ3n) is 3.05. The van der Waals surface area contributed by atoms with Gasteiger partial charge in [-0.1, -0.05) is 29.8 Å². The topological polar surface area (TPSA) is 41.1 Å². The Hall–Kier alpha value is -1.52. The molecular formula is C16H16BrClN2O. The number of rotatable bonds is 4. The van der Waals surface area contributed by atoms with Gasteiger partial charge in [0.1, 0.15) is 0 Å². The van der Waals surface area contributed by atoms with Crippen LogP contribution in [0.2, 0.25) is 5.02 Å². The fraction of sp³-hybridized carbons (Fsp3) is 0.188. The minimum Gasteiger partial charge on any atom is -0.380 e. The Bertz CT molecular complexity index is 673. The average molecular weight is 368 g/mol. The number of hydrogen-bond acceptors (Lipinski definition) is 2. The van der Waals surface area contributed by atoms with Gasteiger partial charge < -0.3 is 10.6 Å². The summed E-state index contributed by atoms with van der Waals surface area (Å²) in [5.41, 5.74) is 3.76. The van der Waals surface area contributed by atoms with Crippen molar-refractivity contribution in [3.8, 4) is 0 Å². The van der Waals surface area contributed by atoms with Crippen molar-refractivity contribution in [2.75, 3.05) is 10.6 Å². The molecule has 2 aromatic rings. The van der Waals surface area contributed by atoms with Gasteiger partial charge in [-0.3, -0.25) is 4.79 Å². The van der Waals surface area contributed by atoms with Gasteiger partial charge in [-0.05, 0) is 52.2 Å². The van der Waals surface area contributed by atoms with E-state index >= 15 is 0 Å². The number of nitrogens with one attached hydrogen (secondary N) is 2. The molecule has 0 spiro atoms. The van der Waals surface area contributed by atoms with Crippen molar-refractivity contribution in [1.82, 2.24) is 0 Å². The third-order valence-corrected chi connectivity index (χ3v) is 4.11. The van der Waals surface area contributed by atoms with Crippen LogP contribution in [0, 0.1) is 6.92 Å². The van der Waals surface area contributed by atoms with Crippen LogP contribution in [-0.4, -0.2) is 5.91 Å². The van der Waals surface area contributed by atoms with Crippen molar-refractivity contribution in [1.29, 1.82) is 0 Å². The van der Waals surface area contributed by atoms with Crippen LogP contribution >= 0.6 is 27.5 Å². The number of halogens is 2. The molecule has 0 unspecified atom stereocenters. The van der Waals surface area contributed by atoms with Crippen LogP contribution in [0.5, 0.6) is 0 Å². The molecule has 110 valence electrons. The zero-order valence-electron chi connectivity index (χ0n) is 11.8. The minimum atomic E-state index is -0.0815. The molecule has 2 aromatic carbocycles. The molecule has 0 saturated carbocycles. The number of aryl methyl sites for hydroxylation is 1. The van der Waals surface area contributed by atoms with Gasteiger partial charge in [-0.15, -0.1) is 0 Å². The molecule has 0 aliphatic carbocycles.